The van der Waals surface area contributed by atoms with Gasteiger partial charge in [0, 0.05) is 24.9 Å². The number of hydrogen-bond donors (Lipinski definition) is 1. The number of aliphatic hydroxyl groups is 1. The maximum absolute atomic E-state index is 9.85. The van der Waals surface area contributed by atoms with Crippen molar-refractivity contribution in [1.82, 2.24) is 4.90 Å². The quantitative estimate of drug-likeness (QED) is 0.539. The first-order valence-electron chi connectivity index (χ1n) is 4.33. The Bertz CT molecular complexity index is 211. The van der Waals surface area contributed by atoms with Gasteiger partial charge < -0.3 is 10.0 Å². The van der Waals surface area contributed by atoms with Crippen molar-refractivity contribution in [2.45, 2.75) is 31.9 Å². The minimum Gasteiger partial charge on any atom is -0.375 e. The monoisotopic (exact) mass is 168 g/mol. The Labute approximate surface area is 73.6 Å². The van der Waals surface area contributed by atoms with Crippen molar-refractivity contribution in [3.05, 3.63) is 0 Å². The zero-order valence-corrected chi connectivity index (χ0v) is 7.91. The molecule has 3 atom stereocenters. The molecule has 1 aliphatic heterocycles. The summed E-state index contributed by atoms with van der Waals surface area (Å²) in [6.45, 7) is 4.75. The lowest BCUT2D eigenvalue weighted by Gasteiger charge is -2.41. The summed E-state index contributed by atoms with van der Waals surface area (Å²) in [5.41, 5.74) is -1.11. The number of hydrogen-bond acceptors (Lipinski definition) is 3. The molecular formula is C9H16N2O. The van der Waals surface area contributed by atoms with Crippen molar-refractivity contribution >= 4 is 0 Å². The van der Waals surface area contributed by atoms with Crippen LogP contribution in [0.3, 0.4) is 0 Å². The molecule has 0 spiro atoms. The normalized spacial score (nSPS) is 43.9. The summed E-state index contributed by atoms with van der Waals surface area (Å²) < 4.78 is 0. The number of piperidine rings is 1. The maximum atomic E-state index is 9.85. The molecule has 0 amide bonds. The van der Waals surface area contributed by atoms with E-state index in [2.05, 4.69) is 4.90 Å². The molecule has 0 aromatic rings. The zero-order valence-electron chi connectivity index (χ0n) is 7.91. The van der Waals surface area contributed by atoms with Gasteiger partial charge in [0.2, 0.25) is 0 Å². The summed E-state index contributed by atoms with van der Waals surface area (Å²) in [4.78, 5) is 2.18. The third-order valence-corrected chi connectivity index (χ3v) is 2.93. The van der Waals surface area contributed by atoms with E-state index in [0.29, 0.717) is 12.5 Å². The van der Waals surface area contributed by atoms with Crippen molar-refractivity contribution in [1.29, 1.82) is 5.26 Å². The minimum absolute atomic E-state index is 0.0451. The van der Waals surface area contributed by atoms with Gasteiger partial charge in [-0.2, -0.15) is 5.26 Å². The van der Waals surface area contributed by atoms with Crippen molar-refractivity contribution < 1.29 is 5.11 Å². The van der Waals surface area contributed by atoms with E-state index in [4.69, 9.17) is 5.26 Å². The molecule has 1 rings (SSSR count). The molecular weight excluding hydrogens is 152 g/mol. The van der Waals surface area contributed by atoms with Crippen LogP contribution >= 0.6 is 0 Å². The third-order valence-electron chi connectivity index (χ3n) is 2.93. The van der Waals surface area contributed by atoms with E-state index in [0.717, 1.165) is 6.54 Å². The molecule has 68 valence electrons. The summed E-state index contributed by atoms with van der Waals surface area (Å²) in [6, 6.07) is 2.31. The number of nitrogens with zero attached hydrogens (tertiary/aromatic N) is 2. The van der Waals surface area contributed by atoms with E-state index >= 15 is 0 Å². The van der Waals surface area contributed by atoms with Gasteiger partial charge in [-0.3, -0.25) is 0 Å². The van der Waals surface area contributed by atoms with Crippen LogP contribution in [-0.4, -0.2) is 35.2 Å². The highest BCUT2D eigenvalue weighted by Crippen LogP contribution is 2.29. The van der Waals surface area contributed by atoms with Crippen LogP contribution in [0.2, 0.25) is 0 Å². The molecule has 0 aliphatic carbocycles. The lowest BCUT2D eigenvalue weighted by molar-refractivity contribution is -0.0361. The minimum atomic E-state index is -1.11. The van der Waals surface area contributed by atoms with Gasteiger partial charge in [-0.25, -0.2) is 0 Å². The van der Waals surface area contributed by atoms with Gasteiger partial charge in [0.05, 0.1) is 6.07 Å². The standard InChI is InChI=1S/C9H16N2O/c1-7-5-11(3)8(2)4-9(7,12)6-10/h7-8,12H,4-5H2,1-3H3/t7-,8-,9-/m0/s1. The van der Waals surface area contributed by atoms with Crippen LogP contribution in [0.1, 0.15) is 20.3 Å². The molecule has 0 aromatic heterocycles. The van der Waals surface area contributed by atoms with Gasteiger partial charge in [0.15, 0.2) is 5.60 Å². The van der Waals surface area contributed by atoms with Crippen LogP contribution in [-0.2, 0) is 0 Å². The molecule has 3 heteroatoms. The summed E-state index contributed by atoms with van der Waals surface area (Å²) in [6.07, 6.45) is 0.557. The first kappa shape index (κ1) is 9.50. The second-order valence-corrected chi connectivity index (χ2v) is 3.93. The topological polar surface area (TPSA) is 47.3 Å². The number of likely N-dealkylation sites (tertiary alicyclic amines) is 1. The number of nitriles is 1. The van der Waals surface area contributed by atoms with Crippen LogP contribution < -0.4 is 0 Å². The van der Waals surface area contributed by atoms with Gasteiger partial charge in [-0.05, 0) is 14.0 Å². The van der Waals surface area contributed by atoms with E-state index < -0.39 is 5.60 Å². The Kier molecular flexibility index (Phi) is 2.41. The SMILES string of the molecule is C[C@H]1C[C@](O)(C#N)[C@@H](C)CN1C. The molecule has 1 heterocycles. The Morgan fingerprint density at radius 3 is 2.67 bits per heavy atom. The van der Waals surface area contributed by atoms with Crippen LogP contribution in [0.25, 0.3) is 0 Å². The molecule has 0 radical (unpaired) electrons. The lowest BCUT2D eigenvalue weighted by atomic mass is 9.80. The molecule has 12 heavy (non-hydrogen) atoms. The van der Waals surface area contributed by atoms with E-state index in [-0.39, 0.29) is 5.92 Å². The molecule has 1 N–H and O–H groups in total. The van der Waals surface area contributed by atoms with Crippen LogP contribution in [0.4, 0.5) is 0 Å². The highest BCUT2D eigenvalue weighted by atomic mass is 16.3. The smallest absolute Gasteiger partial charge is 0.156 e. The van der Waals surface area contributed by atoms with Crippen LogP contribution in [0, 0.1) is 17.2 Å². The molecule has 0 aromatic carbocycles. The summed E-state index contributed by atoms with van der Waals surface area (Å²) >= 11 is 0. The second kappa shape index (κ2) is 3.04. The van der Waals surface area contributed by atoms with Crippen LogP contribution in [0.5, 0.6) is 0 Å². The summed E-state index contributed by atoms with van der Waals surface area (Å²) in [5.74, 6) is 0.0451. The Morgan fingerprint density at radius 2 is 2.17 bits per heavy atom. The van der Waals surface area contributed by atoms with Crippen molar-refractivity contribution in [3.8, 4) is 6.07 Å². The lowest BCUT2D eigenvalue weighted by Crippen LogP contribution is -2.52. The first-order chi connectivity index (χ1) is 5.49. The van der Waals surface area contributed by atoms with E-state index in [1.54, 1.807) is 0 Å². The van der Waals surface area contributed by atoms with Crippen molar-refractivity contribution in [2.75, 3.05) is 13.6 Å². The Balaban J connectivity index is 2.76. The fourth-order valence-electron chi connectivity index (χ4n) is 1.73. The molecule has 1 fully saturated rings. The van der Waals surface area contributed by atoms with Gasteiger partial charge in [0.25, 0.3) is 0 Å². The third kappa shape index (κ3) is 1.45. The molecule has 0 saturated carbocycles. The molecule has 1 saturated heterocycles. The van der Waals surface area contributed by atoms with E-state index in [9.17, 15) is 5.11 Å². The highest BCUT2D eigenvalue weighted by Gasteiger charge is 2.41. The number of rotatable bonds is 0. The van der Waals surface area contributed by atoms with Gasteiger partial charge in [-0.15, -0.1) is 0 Å². The van der Waals surface area contributed by atoms with E-state index in [1.807, 2.05) is 27.0 Å². The second-order valence-electron chi connectivity index (χ2n) is 3.93. The molecule has 0 bridgehead atoms. The fraction of sp³-hybridized carbons (Fsp3) is 0.889. The maximum Gasteiger partial charge on any atom is 0.156 e. The van der Waals surface area contributed by atoms with E-state index in [1.165, 1.54) is 0 Å². The van der Waals surface area contributed by atoms with Gasteiger partial charge >= 0.3 is 0 Å². The average Bonchev–Trinajstić information content (AvgIpc) is 2.01. The zero-order chi connectivity index (χ0) is 9.35. The summed E-state index contributed by atoms with van der Waals surface area (Å²) in [5, 5.41) is 18.7. The van der Waals surface area contributed by atoms with Crippen molar-refractivity contribution in [2.24, 2.45) is 5.92 Å². The average molecular weight is 168 g/mol. The highest BCUT2D eigenvalue weighted by molar-refractivity contribution is 5.08. The molecule has 1 aliphatic rings. The predicted molar refractivity (Wildman–Crippen MR) is 46.4 cm³/mol. The Morgan fingerprint density at radius 1 is 1.58 bits per heavy atom. The fourth-order valence-corrected chi connectivity index (χ4v) is 1.73. The molecule has 0 unspecified atom stereocenters. The van der Waals surface area contributed by atoms with Crippen molar-refractivity contribution in [3.63, 3.8) is 0 Å². The van der Waals surface area contributed by atoms with Gasteiger partial charge in [-0.1, -0.05) is 6.92 Å². The molecule has 3 nitrogen and oxygen atoms in total. The first-order valence-corrected chi connectivity index (χ1v) is 4.33. The predicted octanol–water partition coefficient (Wildman–Crippen LogP) is 0.601. The summed E-state index contributed by atoms with van der Waals surface area (Å²) in [7, 11) is 2.03. The van der Waals surface area contributed by atoms with Gasteiger partial charge in [0.1, 0.15) is 0 Å². The van der Waals surface area contributed by atoms with Crippen LogP contribution in [0.15, 0.2) is 0 Å². The Hall–Kier alpha value is -0.590. The largest absolute Gasteiger partial charge is 0.375 e.